The van der Waals surface area contributed by atoms with Crippen molar-refractivity contribution in [2.45, 2.75) is 232 Å². The van der Waals surface area contributed by atoms with Gasteiger partial charge in [-0.25, -0.2) is 0 Å². The Balaban J connectivity index is 1.85. The SMILES string of the molecule is CC[C@H](C)[C@H](NC(=O)[C@H](C)NC(=O)[C@H](CCCCN)NC(=O)[C@H](CC(C)C)NC(=O)[C@H](C)NC(=O)[C@H](Cc1c[nH]c2ccccc12)NC(=O)[C@H](CCCCN)NC(=O)[C@H](C)NC(=O)[C@H](CC(C)C)NC(=O)[C@@H](NC(=O)CN)[C@@H](C)O)C(=O)N1CCC[C@H]1C(=O)N[C@@H](C)C(=O)O. The molecule has 1 saturated heterocycles. The van der Waals surface area contributed by atoms with Crippen molar-refractivity contribution in [1.29, 1.82) is 0 Å². The maximum Gasteiger partial charge on any atom is 0.325 e. The number of aliphatic hydroxyl groups is 1. The number of nitrogens with one attached hydrogen (secondary N) is 12. The Morgan fingerprint density at radius 1 is 0.537 bits per heavy atom. The van der Waals surface area contributed by atoms with E-state index in [0.717, 1.165) is 10.9 Å². The van der Waals surface area contributed by atoms with Crippen LogP contribution in [0.15, 0.2) is 30.5 Å². The first kappa shape index (κ1) is 80.9. The Bertz CT molecular complexity index is 2940. The molecule has 20 N–H and O–H groups in total. The quantitative estimate of drug-likeness (QED) is 0.0318. The second-order valence-electron chi connectivity index (χ2n) is 25.5. The van der Waals surface area contributed by atoms with Gasteiger partial charge in [-0.2, -0.15) is 0 Å². The van der Waals surface area contributed by atoms with E-state index in [4.69, 9.17) is 17.2 Å². The first-order chi connectivity index (χ1) is 44.8. The Morgan fingerprint density at radius 3 is 1.48 bits per heavy atom. The van der Waals surface area contributed by atoms with Gasteiger partial charge >= 0.3 is 5.97 Å². The third-order valence-electron chi connectivity index (χ3n) is 16.4. The Kier molecular flexibility index (Phi) is 34.2. The molecule has 12 amide bonds. The molecule has 0 aliphatic carbocycles. The topological polar surface area (TPSA) is 492 Å². The molecule has 2 heterocycles. The van der Waals surface area contributed by atoms with Crippen molar-refractivity contribution in [3.05, 3.63) is 36.0 Å². The number of hydrogen-bond acceptors (Lipinski definition) is 17. The van der Waals surface area contributed by atoms with E-state index < -0.39 is 168 Å². The number of carbonyl (C=O) groups excluding carboxylic acids is 12. The van der Waals surface area contributed by atoms with Crippen LogP contribution in [0.2, 0.25) is 0 Å². The summed E-state index contributed by atoms with van der Waals surface area (Å²) in [5, 5.41) is 49.1. The summed E-state index contributed by atoms with van der Waals surface area (Å²) >= 11 is 0. The summed E-state index contributed by atoms with van der Waals surface area (Å²) in [6.45, 7) is 17.7. The number of aromatic amines is 1. The number of carbonyl (C=O) groups is 13. The molecule has 2 aromatic rings. The molecule has 1 fully saturated rings. The molecule has 14 atom stereocenters. The van der Waals surface area contributed by atoms with Crippen LogP contribution >= 0.6 is 0 Å². The smallest absolute Gasteiger partial charge is 0.325 e. The molecule has 0 unspecified atom stereocenters. The zero-order valence-corrected chi connectivity index (χ0v) is 56.8. The number of aliphatic hydroxyl groups excluding tert-OH is 1. The predicted molar refractivity (Wildman–Crippen MR) is 353 cm³/mol. The standard InChI is InChI=1S/C64H106N16O15/c1-12-35(6)51(63(93)80-27-19-24-49(80)61(91)72-39(10)64(94)95)79-55(85)38(9)69-56(86)44(22-15-17-25-65)74-60(90)47(29-34(4)5)75-54(84)37(8)71-59(89)48(30-41-32-68-43-21-14-13-20-42(41)43)76-57(87)45(23-16-18-26-66)73-53(83)36(7)70-58(88)46(28-33(2)3)77-62(92)52(40(11)81)78-50(82)31-67/h13-14,20-21,32-40,44-49,51-52,68,81H,12,15-19,22-31,65-67H2,1-11H3,(H,69,86)(H,70,88)(H,71,89)(H,72,91)(H,73,83)(H,74,90)(H,75,84)(H,76,87)(H,77,92)(H,78,82)(H,79,85)(H,94,95)/t35-,36-,37-,38-,39-,40+,44-,45-,46-,47-,48-,49-,51-,52-/m0/s1. The minimum atomic E-state index is -1.45. The summed E-state index contributed by atoms with van der Waals surface area (Å²) in [5.41, 5.74) is 18.3. The lowest BCUT2D eigenvalue weighted by Crippen LogP contribution is -2.61. The monoisotopic (exact) mass is 1340 g/mol. The van der Waals surface area contributed by atoms with Gasteiger partial charge in [0.05, 0.1) is 12.6 Å². The third-order valence-corrected chi connectivity index (χ3v) is 16.4. The number of aromatic nitrogens is 1. The summed E-state index contributed by atoms with van der Waals surface area (Å²) in [7, 11) is 0. The van der Waals surface area contributed by atoms with Gasteiger partial charge in [0.2, 0.25) is 70.9 Å². The van der Waals surface area contributed by atoms with Crippen LogP contribution in [0.1, 0.15) is 152 Å². The van der Waals surface area contributed by atoms with Crippen molar-refractivity contribution < 1.29 is 72.5 Å². The van der Waals surface area contributed by atoms with Gasteiger partial charge in [0, 0.05) is 30.1 Å². The second kappa shape index (κ2) is 40.2. The van der Waals surface area contributed by atoms with E-state index in [1.807, 2.05) is 19.1 Å². The molecule has 1 aliphatic heterocycles. The lowest BCUT2D eigenvalue weighted by molar-refractivity contribution is -0.145. The van der Waals surface area contributed by atoms with Crippen LogP contribution in [0, 0.1) is 17.8 Å². The van der Waals surface area contributed by atoms with E-state index in [0.29, 0.717) is 44.1 Å². The van der Waals surface area contributed by atoms with E-state index in [-0.39, 0.29) is 70.0 Å². The largest absolute Gasteiger partial charge is 0.480 e. The number of carboxylic acid groups (broad SMARTS) is 1. The molecular weight excluding hydrogens is 1230 g/mol. The molecule has 3 rings (SSSR count). The molecular formula is C64H106N16O15. The fourth-order valence-corrected chi connectivity index (χ4v) is 10.6. The van der Waals surface area contributed by atoms with Crippen LogP contribution in [-0.4, -0.2) is 202 Å². The highest BCUT2D eigenvalue weighted by Gasteiger charge is 2.41. The van der Waals surface area contributed by atoms with E-state index >= 15 is 0 Å². The minimum Gasteiger partial charge on any atom is -0.480 e. The highest BCUT2D eigenvalue weighted by atomic mass is 16.4. The summed E-state index contributed by atoms with van der Waals surface area (Å²) < 4.78 is 0. The molecule has 532 valence electrons. The zero-order valence-electron chi connectivity index (χ0n) is 56.8. The average molecular weight is 1340 g/mol. The number of aliphatic carboxylic acids is 1. The molecule has 31 nitrogen and oxygen atoms in total. The number of unbranched alkanes of at least 4 members (excludes halogenated alkanes) is 2. The van der Waals surface area contributed by atoms with Gasteiger partial charge in [-0.05, 0) is 141 Å². The van der Waals surface area contributed by atoms with Gasteiger partial charge in [-0.15, -0.1) is 0 Å². The van der Waals surface area contributed by atoms with Gasteiger partial charge in [-0.3, -0.25) is 62.3 Å². The third kappa shape index (κ3) is 26.1. The van der Waals surface area contributed by atoms with Crippen molar-refractivity contribution in [3.63, 3.8) is 0 Å². The summed E-state index contributed by atoms with van der Waals surface area (Å²) in [5.74, 6) is -11.1. The van der Waals surface area contributed by atoms with E-state index in [9.17, 15) is 72.5 Å². The summed E-state index contributed by atoms with van der Waals surface area (Å²) in [4.78, 5) is 182. The lowest BCUT2D eigenvalue weighted by Gasteiger charge is -2.32. The van der Waals surface area contributed by atoms with Crippen molar-refractivity contribution in [3.8, 4) is 0 Å². The van der Waals surface area contributed by atoms with Crippen molar-refractivity contribution in [2.24, 2.45) is 35.0 Å². The van der Waals surface area contributed by atoms with E-state index in [2.05, 4.69) is 63.5 Å². The number of carboxylic acids is 1. The van der Waals surface area contributed by atoms with E-state index in [1.54, 1.807) is 52.9 Å². The highest BCUT2D eigenvalue weighted by Crippen LogP contribution is 2.23. The molecule has 0 saturated carbocycles. The number of para-hydroxylation sites is 1. The number of nitrogens with two attached hydrogens (primary N) is 3. The van der Waals surface area contributed by atoms with Crippen molar-refractivity contribution in [1.82, 2.24) is 68.4 Å². The van der Waals surface area contributed by atoms with Crippen LogP contribution in [0.3, 0.4) is 0 Å². The Hall–Kier alpha value is -8.29. The molecule has 1 aliphatic rings. The van der Waals surface area contributed by atoms with Crippen LogP contribution in [0.4, 0.5) is 0 Å². The van der Waals surface area contributed by atoms with Crippen LogP contribution in [0.5, 0.6) is 0 Å². The van der Waals surface area contributed by atoms with Crippen LogP contribution < -0.4 is 75.7 Å². The van der Waals surface area contributed by atoms with Gasteiger partial charge < -0.3 is 95.8 Å². The Labute approximate surface area is 555 Å². The number of hydrogen-bond donors (Lipinski definition) is 17. The molecule has 1 aromatic carbocycles. The van der Waals surface area contributed by atoms with Crippen molar-refractivity contribution in [2.75, 3.05) is 26.2 Å². The predicted octanol–water partition coefficient (Wildman–Crippen LogP) is -2.07. The highest BCUT2D eigenvalue weighted by molar-refractivity contribution is 6.00. The van der Waals surface area contributed by atoms with Crippen LogP contribution in [-0.2, 0) is 68.7 Å². The van der Waals surface area contributed by atoms with Gasteiger partial charge in [0.15, 0.2) is 0 Å². The number of nitrogens with zero attached hydrogens (tertiary/aromatic N) is 1. The molecule has 31 heteroatoms. The Morgan fingerprint density at radius 2 is 0.989 bits per heavy atom. The fourth-order valence-electron chi connectivity index (χ4n) is 10.6. The maximum absolute atomic E-state index is 14.6. The first-order valence-electron chi connectivity index (χ1n) is 33.0. The lowest BCUT2D eigenvalue weighted by atomic mass is 9.97. The van der Waals surface area contributed by atoms with Crippen LogP contribution in [0.25, 0.3) is 10.9 Å². The van der Waals surface area contributed by atoms with Gasteiger partial charge in [0.25, 0.3) is 0 Å². The number of benzene rings is 1. The van der Waals surface area contributed by atoms with Gasteiger partial charge in [-0.1, -0.05) is 66.2 Å². The molecule has 95 heavy (non-hydrogen) atoms. The second-order valence-corrected chi connectivity index (χ2v) is 25.5. The maximum atomic E-state index is 14.6. The number of H-pyrrole nitrogens is 1. The fraction of sp³-hybridized carbons (Fsp3) is 0.672. The summed E-state index contributed by atoms with van der Waals surface area (Å²) in [6.07, 6.45) is 3.20. The molecule has 0 radical (unpaired) electrons. The molecule has 0 bridgehead atoms. The first-order valence-corrected chi connectivity index (χ1v) is 33.0. The summed E-state index contributed by atoms with van der Waals surface area (Å²) in [6, 6.07) is -7.93. The minimum absolute atomic E-state index is 0.0318. The number of likely N-dealkylation sites (tertiary alicyclic amines) is 1. The average Bonchev–Trinajstić information content (AvgIpc) is 1.75. The van der Waals surface area contributed by atoms with E-state index in [1.165, 1.54) is 39.5 Å². The number of fused-ring (bicyclic) bond motifs is 1. The zero-order chi connectivity index (χ0) is 71.4. The number of amides is 12. The molecule has 1 aromatic heterocycles. The van der Waals surface area contributed by atoms with Crippen molar-refractivity contribution >= 4 is 87.8 Å². The normalized spacial score (nSPS) is 17.1. The molecule has 0 spiro atoms. The number of rotatable bonds is 41. The van der Waals surface area contributed by atoms with Gasteiger partial charge in [0.1, 0.15) is 72.5 Å².